The lowest BCUT2D eigenvalue weighted by atomic mass is 10.1. The Bertz CT molecular complexity index is 809. The first kappa shape index (κ1) is 21.3. The number of hydrogen-bond donors (Lipinski definition) is 2. The van der Waals surface area contributed by atoms with Gasteiger partial charge in [-0.2, -0.15) is 5.10 Å². The van der Waals surface area contributed by atoms with Crippen LogP contribution in [-0.4, -0.2) is 44.7 Å². The van der Waals surface area contributed by atoms with E-state index < -0.39 is 0 Å². The van der Waals surface area contributed by atoms with Crippen molar-refractivity contribution < 1.29 is 19.0 Å². The number of hydrazone groups is 1. The Kier molecular flexibility index (Phi) is 8.90. The van der Waals surface area contributed by atoms with E-state index in [9.17, 15) is 4.79 Å². The highest BCUT2D eigenvalue weighted by Gasteiger charge is 2.05. The normalized spacial score (nSPS) is 10.5. The Morgan fingerprint density at radius 3 is 2.61 bits per heavy atom. The van der Waals surface area contributed by atoms with E-state index in [0.29, 0.717) is 36.2 Å². The molecule has 148 valence electrons. The molecule has 0 aliphatic carbocycles. The molecule has 0 spiro atoms. The first-order chi connectivity index (χ1) is 13.6. The highest BCUT2D eigenvalue weighted by molar-refractivity contribution is 7.80. The number of ether oxygens (including phenoxy) is 3. The van der Waals surface area contributed by atoms with Gasteiger partial charge in [-0.25, -0.2) is 4.79 Å². The maximum atomic E-state index is 11.5. The number of nitrogens with one attached hydrogen (secondary N) is 2. The summed E-state index contributed by atoms with van der Waals surface area (Å²) in [4.78, 5) is 11.5. The van der Waals surface area contributed by atoms with Gasteiger partial charge >= 0.3 is 5.97 Å². The molecule has 7 nitrogen and oxygen atoms in total. The fourth-order valence-electron chi connectivity index (χ4n) is 2.20. The summed E-state index contributed by atoms with van der Waals surface area (Å²) in [6, 6.07) is 14.6. The van der Waals surface area contributed by atoms with Crippen molar-refractivity contribution in [3.63, 3.8) is 0 Å². The molecule has 0 aromatic heterocycles. The second kappa shape index (κ2) is 11.7. The average molecular weight is 401 g/mol. The Hall–Kier alpha value is -2.97. The first-order valence-electron chi connectivity index (χ1n) is 8.59. The highest BCUT2D eigenvalue weighted by Crippen LogP contribution is 2.18. The molecule has 0 fully saturated rings. The van der Waals surface area contributed by atoms with Gasteiger partial charge in [-0.05, 0) is 42.0 Å². The number of benzene rings is 2. The third kappa shape index (κ3) is 6.98. The van der Waals surface area contributed by atoms with Crippen LogP contribution < -0.4 is 15.5 Å². The van der Waals surface area contributed by atoms with Crippen LogP contribution >= 0.6 is 12.2 Å². The summed E-state index contributed by atoms with van der Waals surface area (Å²) in [5, 5.41) is 7.50. The number of esters is 1. The van der Waals surface area contributed by atoms with Crippen LogP contribution in [0.3, 0.4) is 0 Å². The van der Waals surface area contributed by atoms with Gasteiger partial charge in [-0.15, -0.1) is 0 Å². The number of rotatable bonds is 9. The molecule has 0 aliphatic heterocycles. The lowest BCUT2D eigenvalue weighted by molar-refractivity contribution is 0.0600. The van der Waals surface area contributed by atoms with Crippen LogP contribution in [0.5, 0.6) is 5.75 Å². The second-order valence-corrected chi connectivity index (χ2v) is 6.04. The van der Waals surface area contributed by atoms with E-state index >= 15 is 0 Å². The van der Waals surface area contributed by atoms with Crippen molar-refractivity contribution >= 4 is 29.5 Å². The van der Waals surface area contributed by atoms with Crippen LogP contribution in [-0.2, 0) is 16.1 Å². The molecule has 2 aromatic rings. The van der Waals surface area contributed by atoms with E-state index in [1.807, 2.05) is 36.4 Å². The van der Waals surface area contributed by atoms with E-state index in [2.05, 4.69) is 15.8 Å². The Balaban J connectivity index is 1.91. The van der Waals surface area contributed by atoms with Crippen molar-refractivity contribution in [3.05, 3.63) is 65.2 Å². The minimum atomic E-state index is -0.365. The van der Waals surface area contributed by atoms with Gasteiger partial charge in [0.15, 0.2) is 5.11 Å². The Labute approximate surface area is 169 Å². The number of nitrogens with zero attached hydrogens (tertiary/aromatic N) is 1. The van der Waals surface area contributed by atoms with Crippen molar-refractivity contribution in [2.75, 3.05) is 27.4 Å². The van der Waals surface area contributed by atoms with E-state index in [0.717, 1.165) is 11.1 Å². The number of para-hydroxylation sites is 1. The van der Waals surface area contributed by atoms with Gasteiger partial charge in [-0.3, -0.25) is 5.43 Å². The molecule has 0 amide bonds. The predicted octanol–water partition coefficient (Wildman–Crippen LogP) is 2.50. The maximum absolute atomic E-state index is 11.5. The van der Waals surface area contributed by atoms with Crippen LogP contribution in [0, 0.1) is 0 Å². The number of methoxy groups -OCH3 is 2. The summed E-state index contributed by atoms with van der Waals surface area (Å²) >= 11 is 5.11. The van der Waals surface area contributed by atoms with Crippen LogP contribution in [0.2, 0.25) is 0 Å². The molecule has 0 aliphatic rings. The monoisotopic (exact) mass is 401 g/mol. The molecule has 0 saturated carbocycles. The van der Waals surface area contributed by atoms with Crippen molar-refractivity contribution in [2.45, 2.75) is 6.61 Å². The quantitative estimate of drug-likeness (QED) is 0.220. The van der Waals surface area contributed by atoms with Gasteiger partial charge < -0.3 is 19.5 Å². The van der Waals surface area contributed by atoms with E-state index in [4.69, 9.17) is 26.4 Å². The highest BCUT2D eigenvalue weighted by atomic mass is 32.1. The predicted molar refractivity (Wildman–Crippen MR) is 112 cm³/mol. The molecule has 0 unspecified atom stereocenters. The SMILES string of the molecule is COCCNC(=S)NN=Cc1ccccc1OCc1ccc(C(=O)OC)cc1. The van der Waals surface area contributed by atoms with Crippen molar-refractivity contribution in [2.24, 2.45) is 5.10 Å². The van der Waals surface area contributed by atoms with Gasteiger partial charge in [0, 0.05) is 19.2 Å². The first-order valence-corrected chi connectivity index (χ1v) is 8.99. The van der Waals surface area contributed by atoms with Crippen LogP contribution in [0.15, 0.2) is 53.6 Å². The van der Waals surface area contributed by atoms with E-state index in [1.165, 1.54) is 7.11 Å². The lowest BCUT2D eigenvalue weighted by Gasteiger charge is -2.10. The summed E-state index contributed by atoms with van der Waals surface area (Å²) in [5.74, 6) is 0.319. The number of carbonyl (C=O) groups is 1. The Morgan fingerprint density at radius 2 is 1.89 bits per heavy atom. The summed E-state index contributed by atoms with van der Waals surface area (Å²) in [7, 11) is 2.98. The van der Waals surface area contributed by atoms with Gasteiger partial charge in [0.1, 0.15) is 12.4 Å². The van der Waals surface area contributed by atoms with Gasteiger partial charge in [0.2, 0.25) is 0 Å². The zero-order valence-corrected chi connectivity index (χ0v) is 16.6. The summed E-state index contributed by atoms with van der Waals surface area (Å²) in [5.41, 5.74) is 4.99. The molecular formula is C20H23N3O4S. The number of hydrogen-bond acceptors (Lipinski definition) is 6. The zero-order chi connectivity index (χ0) is 20.2. The van der Waals surface area contributed by atoms with Crippen LogP contribution in [0.25, 0.3) is 0 Å². The van der Waals surface area contributed by atoms with Crippen molar-refractivity contribution in [3.8, 4) is 5.75 Å². The molecule has 0 bridgehead atoms. The minimum absolute atomic E-state index is 0.358. The van der Waals surface area contributed by atoms with Gasteiger partial charge in [0.05, 0.1) is 25.5 Å². The van der Waals surface area contributed by atoms with Crippen LogP contribution in [0.4, 0.5) is 0 Å². The number of thiocarbonyl (C=S) groups is 1. The summed E-state index contributed by atoms with van der Waals surface area (Å²) in [6.07, 6.45) is 1.64. The molecule has 28 heavy (non-hydrogen) atoms. The second-order valence-electron chi connectivity index (χ2n) is 5.63. The molecular weight excluding hydrogens is 378 g/mol. The molecule has 2 aromatic carbocycles. The molecule has 0 atom stereocenters. The van der Waals surface area contributed by atoms with Crippen molar-refractivity contribution in [1.29, 1.82) is 0 Å². The maximum Gasteiger partial charge on any atom is 0.337 e. The van der Waals surface area contributed by atoms with Crippen molar-refractivity contribution in [1.82, 2.24) is 10.7 Å². The Morgan fingerprint density at radius 1 is 1.14 bits per heavy atom. The average Bonchev–Trinajstić information content (AvgIpc) is 2.73. The lowest BCUT2D eigenvalue weighted by Crippen LogP contribution is -2.34. The van der Waals surface area contributed by atoms with Crippen LogP contribution in [0.1, 0.15) is 21.5 Å². The standard InChI is InChI=1S/C20H23N3O4S/c1-25-12-11-21-20(28)23-22-13-17-5-3-4-6-18(17)27-14-15-7-9-16(10-8-15)19(24)26-2/h3-10,13H,11-12,14H2,1-2H3,(H2,21,23,28). The number of carbonyl (C=O) groups excluding carboxylic acids is 1. The molecule has 0 saturated heterocycles. The van der Waals surface area contributed by atoms with Gasteiger partial charge in [0.25, 0.3) is 0 Å². The summed E-state index contributed by atoms with van der Waals surface area (Å²) in [6.45, 7) is 1.52. The third-order valence-electron chi connectivity index (χ3n) is 3.65. The fourth-order valence-corrected chi connectivity index (χ4v) is 2.36. The fraction of sp³-hybridized carbons (Fsp3) is 0.250. The molecule has 8 heteroatoms. The molecule has 2 rings (SSSR count). The van der Waals surface area contributed by atoms with E-state index in [1.54, 1.807) is 25.5 Å². The van der Waals surface area contributed by atoms with Gasteiger partial charge in [-0.1, -0.05) is 24.3 Å². The molecule has 0 radical (unpaired) electrons. The van der Waals surface area contributed by atoms with E-state index in [-0.39, 0.29) is 5.97 Å². The largest absolute Gasteiger partial charge is 0.488 e. The summed E-state index contributed by atoms with van der Waals surface area (Å²) < 4.78 is 15.5. The molecule has 0 heterocycles. The topological polar surface area (TPSA) is 81.2 Å². The zero-order valence-electron chi connectivity index (χ0n) is 15.8. The smallest absolute Gasteiger partial charge is 0.337 e. The minimum Gasteiger partial charge on any atom is -0.488 e. The third-order valence-corrected chi connectivity index (χ3v) is 3.89. The molecule has 2 N–H and O–H groups in total.